The SMILES string of the molecule is COC(=O)Oc1c(C#N)cccc1C(C)(C)C. The summed E-state index contributed by atoms with van der Waals surface area (Å²) in [6.07, 6.45) is -0.821. The van der Waals surface area contributed by atoms with Gasteiger partial charge in [0, 0.05) is 5.56 Å². The number of hydrogen-bond donors (Lipinski definition) is 0. The molecule has 0 bridgehead atoms. The van der Waals surface area contributed by atoms with Crippen molar-refractivity contribution in [2.75, 3.05) is 7.11 Å². The maximum absolute atomic E-state index is 11.2. The minimum atomic E-state index is -0.821. The minimum absolute atomic E-state index is 0.226. The number of para-hydroxylation sites is 1. The topological polar surface area (TPSA) is 59.3 Å². The molecule has 17 heavy (non-hydrogen) atoms. The monoisotopic (exact) mass is 233 g/mol. The van der Waals surface area contributed by atoms with Crippen molar-refractivity contribution in [1.82, 2.24) is 0 Å². The van der Waals surface area contributed by atoms with E-state index in [9.17, 15) is 4.79 Å². The van der Waals surface area contributed by atoms with Crippen molar-refractivity contribution in [2.24, 2.45) is 0 Å². The number of methoxy groups -OCH3 is 1. The molecule has 0 unspecified atom stereocenters. The third-order valence-corrected chi connectivity index (χ3v) is 2.30. The van der Waals surface area contributed by atoms with E-state index in [-0.39, 0.29) is 11.2 Å². The Morgan fingerprint density at radius 3 is 2.47 bits per heavy atom. The van der Waals surface area contributed by atoms with Gasteiger partial charge >= 0.3 is 6.16 Å². The van der Waals surface area contributed by atoms with Crippen molar-refractivity contribution in [2.45, 2.75) is 26.2 Å². The molecule has 1 aromatic carbocycles. The molecular formula is C13H15NO3. The Balaban J connectivity index is 3.32. The molecule has 0 N–H and O–H groups in total. The van der Waals surface area contributed by atoms with Crippen LogP contribution in [0.1, 0.15) is 31.9 Å². The van der Waals surface area contributed by atoms with Crippen LogP contribution in [-0.4, -0.2) is 13.3 Å². The van der Waals surface area contributed by atoms with Gasteiger partial charge in [-0.2, -0.15) is 5.26 Å². The summed E-state index contributed by atoms with van der Waals surface area (Å²) in [6, 6.07) is 7.21. The second kappa shape index (κ2) is 4.88. The molecule has 0 aromatic heterocycles. The van der Waals surface area contributed by atoms with Crippen molar-refractivity contribution in [1.29, 1.82) is 5.26 Å². The zero-order chi connectivity index (χ0) is 13.1. The van der Waals surface area contributed by atoms with E-state index in [4.69, 9.17) is 10.00 Å². The van der Waals surface area contributed by atoms with Crippen LogP contribution in [0.3, 0.4) is 0 Å². The lowest BCUT2D eigenvalue weighted by molar-refractivity contribution is 0.120. The molecule has 0 amide bonds. The first kappa shape index (κ1) is 13.0. The molecule has 0 fully saturated rings. The summed E-state index contributed by atoms with van der Waals surface area (Å²) in [4.78, 5) is 11.2. The Bertz CT molecular complexity index is 467. The third-order valence-electron chi connectivity index (χ3n) is 2.30. The lowest BCUT2D eigenvalue weighted by Gasteiger charge is -2.22. The predicted molar refractivity (Wildman–Crippen MR) is 62.9 cm³/mol. The Kier molecular flexibility index (Phi) is 3.74. The number of nitrogens with zero attached hydrogens (tertiary/aromatic N) is 1. The number of rotatable bonds is 1. The summed E-state index contributed by atoms with van der Waals surface area (Å²) in [5.41, 5.74) is 0.890. The molecule has 0 radical (unpaired) electrons. The lowest BCUT2D eigenvalue weighted by atomic mass is 9.85. The van der Waals surface area contributed by atoms with Crippen LogP contribution < -0.4 is 4.74 Å². The van der Waals surface area contributed by atoms with Gasteiger partial charge in [0.2, 0.25) is 0 Å². The Hall–Kier alpha value is -2.02. The van der Waals surface area contributed by atoms with E-state index >= 15 is 0 Å². The molecule has 1 rings (SSSR count). The highest BCUT2D eigenvalue weighted by Gasteiger charge is 2.23. The average molecular weight is 233 g/mol. The van der Waals surface area contributed by atoms with E-state index < -0.39 is 6.16 Å². The zero-order valence-electron chi connectivity index (χ0n) is 10.4. The Morgan fingerprint density at radius 1 is 1.35 bits per heavy atom. The van der Waals surface area contributed by atoms with Gasteiger partial charge in [-0.15, -0.1) is 0 Å². The van der Waals surface area contributed by atoms with Gasteiger partial charge in [-0.3, -0.25) is 0 Å². The van der Waals surface area contributed by atoms with Crippen molar-refractivity contribution in [3.8, 4) is 11.8 Å². The van der Waals surface area contributed by atoms with Crippen LogP contribution in [-0.2, 0) is 10.2 Å². The summed E-state index contributed by atoms with van der Waals surface area (Å²) >= 11 is 0. The predicted octanol–water partition coefficient (Wildman–Crippen LogP) is 3.00. The molecule has 0 aliphatic carbocycles. The fourth-order valence-electron chi connectivity index (χ4n) is 1.45. The number of carbonyl (C=O) groups is 1. The summed E-state index contributed by atoms with van der Waals surface area (Å²) in [7, 11) is 1.23. The lowest BCUT2D eigenvalue weighted by Crippen LogP contribution is -2.17. The van der Waals surface area contributed by atoms with Gasteiger partial charge in [0.1, 0.15) is 6.07 Å². The zero-order valence-corrected chi connectivity index (χ0v) is 10.4. The molecule has 1 aromatic rings. The van der Waals surface area contributed by atoms with Crippen LogP contribution in [0, 0.1) is 11.3 Å². The van der Waals surface area contributed by atoms with Gasteiger partial charge in [-0.25, -0.2) is 4.79 Å². The van der Waals surface area contributed by atoms with E-state index in [2.05, 4.69) is 4.74 Å². The molecule has 0 saturated carbocycles. The molecule has 0 atom stereocenters. The summed E-state index contributed by atoms with van der Waals surface area (Å²) in [5, 5.41) is 9.01. The summed E-state index contributed by atoms with van der Waals surface area (Å²) in [6.45, 7) is 5.94. The molecule has 4 heteroatoms. The number of ether oxygens (including phenoxy) is 2. The fourth-order valence-corrected chi connectivity index (χ4v) is 1.45. The van der Waals surface area contributed by atoms with Gasteiger partial charge in [-0.1, -0.05) is 32.9 Å². The standard InChI is InChI=1S/C13H15NO3/c1-13(2,3)10-7-5-6-9(8-14)11(10)17-12(15)16-4/h5-7H,1-4H3. The highest BCUT2D eigenvalue weighted by atomic mass is 16.7. The number of nitriles is 1. The first-order valence-corrected chi connectivity index (χ1v) is 5.19. The minimum Gasteiger partial charge on any atom is -0.437 e. The van der Waals surface area contributed by atoms with Crippen molar-refractivity contribution >= 4 is 6.16 Å². The molecule has 0 heterocycles. The van der Waals surface area contributed by atoms with Crippen LogP contribution >= 0.6 is 0 Å². The van der Waals surface area contributed by atoms with E-state index in [1.54, 1.807) is 12.1 Å². The highest BCUT2D eigenvalue weighted by molar-refractivity contribution is 5.67. The Morgan fingerprint density at radius 2 is 2.00 bits per heavy atom. The molecule has 0 saturated heterocycles. The first-order chi connectivity index (χ1) is 7.90. The Labute approximate surface area is 101 Å². The van der Waals surface area contributed by atoms with E-state index in [1.165, 1.54) is 7.11 Å². The first-order valence-electron chi connectivity index (χ1n) is 5.19. The van der Waals surface area contributed by atoms with Crippen LogP contribution in [0.5, 0.6) is 5.75 Å². The van der Waals surface area contributed by atoms with E-state index in [0.717, 1.165) is 5.56 Å². The number of benzene rings is 1. The van der Waals surface area contributed by atoms with Crippen LogP contribution in [0.15, 0.2) is 18.2 Å². The second-order valence-electron chi connectivity index (χ2n) is 4.60. The van der Waals surface area contributed by atoms with Crippen molar-refractivity contribution < 1.29 is 14.3 Å². The number of carbonyl (C=O) groups excluding carboxylic acids is 1. The largest absolute Gasteiger partial charge is 0.513 e. The maximum Gasteiger partial charge on any atom is 0.513 e. The average Bonchev–Trinajstić information content (AvgIpc) is 2.27. The quantitative estimate of drug-likeness (QED) is 0.552. The second-order valence-corrected chi connectivity index (χ2v) is 4.60. The summed E-state index contributed by atoms with van der Waals surface area (Å²) in [5.74, 6) is 0.273. The maximum atomic E-state index is 11.2. The molecule has 0 spiro atoms. The molecule has 0 aliphatic heterocycles. The molecular weight excluding hydrogens is 218 g/mol. The van der Waals surface area contributed by atoms with E-state index in [1.807, 2.05) is 32.9 Å². The van der Waals surface area contributed by atoms with Crippen molar-refractivity contribution in [3.63, 3.8) is 0 Å². The fraction of sp³-hybridized carbons (Fsp3) is 0.385. The van der Waals surface area contributed by atoms with Crippen molar-refractivity contribution in [3.05, 3.63) is 29.3 Å². The molecule has 0 aliphatic rings. The van der Waals surface area contributed by atoms with Gasteiger partial charge < -0.3 is 9.47 Å². The van der Waals surface area contributed by atoms with Gasteiger partial charge in [-0.05, 0) is 11.5 Å². The van der Waals surface area contributed by atoms with E-state index in [0.29, 0.717) is 5.56 Å². The molecule has 90 valence electrons. The smallest absolute Gasteiger partial charge is 0.437 e. The van der Waals surface area contributed by atoms with Gasteiger partial charge in [0.25, 0.3) is 0 Å². The van der Waals surface area contributed by atoms with Crippen LogP contribution in [0.2, 0.25) is 0 Å². The third kappa shape index (κ3) is 2.97. The number of hydrogen-bond acceptors (Lipinski definition) is 4. The van der Waals surface area contributed by atoms with Crippen LogP contribution in [0.4, 0.5) is 4.79 Å². The van der Waals surface area contributed by atoms with Crippen LogP contribution in [0.25, 0.3) is 0 Å². The van der Waals surface area contributed by atoms with Gasteiger partial charge in [0.05, 0.1) is 12.7 Å². The molecule has 4 nitrogen and oxygen atoms in total. The normalized spacial score (nSPS) is 10.5. The highest BCUT2D eigenvalue weighted by Crippen LogP contribution is 2.33. The summed E-state index contributed by atoms with van der Waals surface area (Å²) < 4.78 is 9.51. The van der Waals surface area contributed by atoms with Gasteiger partial charge in [0.15, 0.2) is 5.75 Å².